The monoisotopic (exact) mass is 665 g/mol. The minimum Gasteiger partial charge on any atom is -0.304 e. The van der Waals surface area contributed by atoms with E-state index in [-0.39, 0.29) is 36.8 Å². The van der Waals surface area contributed by atoms with E-state index in [0.717, 1.165) is 29.3 Å². The van der Waals surface area contributed by atoms with E-state index in [0.29, 0.717) is 5.56 Å². The van der Waals surface area contributed by atoms with Crippen LogP contribution in [0, 0.1) is 11.9 Å². The zero-order chi connectivity index (χ0) is 25.2. The zero-order valence-electron chi connectivity index (χ0n) is 22.0. The summed E-state index contributed by atoms with van der Waals surface area (Å²) in [6, 6.07) is 26.0. The number of hydrogen-bond donors (Lipinski definition) is 0. The summed E-state index contributed by atoms with van der Waals surface area (Å²) < 4.78 is 14.0. The van der Waals surface area contributed by atoms with Gasteiger partial charge < -0.3 is 4.98 Å². The number of nitrogens with zero attached hydrogens (tertiary/aromatic N) is 1. The van der Waals surface area contributed by atoms with Crippen LogP contribution in [0.4, 0.5) is 4.39 Å². The van der Waals surface area contributed by atoms with Gasteiger partial charge in [0.15, 0.2) is 0 Å². The van der Waals surface area contributed by atoms with Gasteiger partial charge in [-0.1, -0.05) is 65.0 Å². The van der Waals surface area contributed by atoms with Gasteiger partial charge in [0.25, 0.3) is 0 Å². The molecule has 6 rings (SSSR count). The fourth-order valence-electron chi connectivity index (χ4n) is 6.24. The van der Waals surface area contributed by atoms with Crippen molar-refractivity contribution in [3.63, 3.8) is 0 Å². The van der Waals surface area contributed by atoms with Crippen molar-refractivity contribution >= 4 is 21.5 Å². The predicted octanol–water partition coefficient (Wildman–Crippen LogP) is 9.38. The Morgan fingerprint density at radius 2 is 1.57 bits per heavy atom. The number of rotatable bonds is 3. The molecule has 1 radical (unpaired) electrons. The molecular weight excluding hydrogens is 634 g/mol. The van der Waals surface area contributed by atoms with Crippen molar-refractivity contribution in [1.82, 2.24) is 4.98 Å². The average Bonchev–Trinajstić information content (AvgIpc) is 3.15. The van der Waals surface area contributed by atoms with Crippen molar-refractivity contribution < 1.29 is 24.5 Å². The van der Waals surface area contributed by atoms with Crippen molar-refractivity contribution in [2.24, 2.45) is 0 Å². The van der Waals surface area contributed by atoms with Crippen LogP contribution in [0.25, 0.3) is 43.9 Å². The molecule has 4 aromatic carbocycles. The van der Waals surface area contributed by atoms with Crippen molar-refractivity contribution in [2.75, 3.05) is 0 Å². The Kier molecular flexibility index (Phi) is 6.37. The van der Waals surface area contributed by atoms with E-state index in [4.69, 9.17) is 0 Å². The van der Waals surface area contributed by atoms with Gasteiger partial charge in [-0.05, 0) is 91.5 Å². The minimum absolute atomic E-state index is 0. The van der Waals surface area contributed by atoms with Crippen molar-refractivity contribution in [3.8, 4) is 22.4 Å². The normalized spacial score (nSPS) is 13.9. The van der Waals surface area contributed by atoms with E-state index in [9.17, 15) is 4.39 Å². The van der Waals surface area contributed by atoms with Gasteiger partial charge in [0, 0.05) is 37.5 Å². The molecule has 0 atom stereocenters. The van der Waals surface area contributed by atoms with Gasteiger partial charge in [0.1, 0.15) is 0 Å². The molecule has 5 aromatic rings. The van der Waals surface area contributed by atoms with Crippen LogP contribution in [0.3, 0.4) is 0 Å². The molecule has 0 aliphatic heterocycles. The third-order valence-corrected chi connectivity index (χ3v) is 8.33. The van der Waals surface area contributed by atoms with Crippen molar-refractivity contribution in [3.05, 3.63) is 102 Å². The summed E-state index contributed by atoms with van der Waals surface area (Å²) in [5, 5.41) is 4.61. The molecule has 3 heteroatoms. The molecule has 0 unspecified atom stereocenters. The van der Waals surface area contributed by atoms with E-state index in [1.54, 1.807) is 6.07 Å². The summed E-state index contributed by atoms with van der Waals surface area (Å²) in [7, 11) is 0. The molecule has 1 heterocycles. The van der Waals surface area contributed by atoms with E-state index in [2.05, 4.69) is 94.2 Å². The number of halogens is 1. The second kappa shape index (κ2) is 9.15. The molecule has 0 fully saturated rings. The summed E-state index contributed by atoms with van der Waals surface area (Å²) in [6.45, 7) is 11.5. The van der Waals surface area contributed by atoms with Crippen LogP contribution in [0.2, 0.25) is 0 Å². The largest absolute Gasteiger partial charge is 0.304 e. The molecule has 0 saturated carbocycles. The van der Waals surface area contributed by atoms with Gasteiger partial charge in [-0.2, -0.15) is 0 Å². The Labute approximate surface area is 232 Å². The Morgan fingerprint density at radius 1 is 0.811 bits per heavy atom. The summed E-state index contributed by atoms with van der Waals surface area (Å²) >= 11 is 0. The summed E-state index contributed by atoms with van der Waals surface area (Å²) in [5.41, 5.74) is 8.54. The first-order valence-corrected chi connectivity index (χ1v) is 13.0. The topological polar surface area (TPSA) is 12.9 Å². The Balaban J connectivity index is 0.00000280. The molecule has 1 nitrogen and oxygen atoms in total. The van der Waals surface area contributed by atoms with Gasteiger partial charge >= 0.3 is 0 Å². The van der Waals surface area contributed by atoms with E-state index in [1.807, 2.05) is 6.20 Å². The third-order valence-electron chi connectivity index (χ3n) is 8.33. The van der Waals surface area contributed by atoms with Crippen LogP contribution in [0.15, 0.2) is 72.9 Å². The van der Waals surface area contributed by atoms with Crippen molar-refractivity contribution in [1.29, 1.82) is 0 Å². The van der Waals surface area contributed by atoms with E-state index < -0.39 is 0 Å². The predicted molar refractivity (Wildman–Crippen MR) is 149 cm³/mol. The van der Waals surface area contributed by atoms with Crippen LogP contribution in [0.1, 0.15) is 64.2 Å². The summed E-state index contributed by atoms with van der Waals surface area (Å²) in [5.74, 6) is -0.274. The van der Waals surface area contributed by atoms with Crippen LogP contribution in [-0.4, -0.2) is 4.98 Å². The van der Waals surface area contributed by atoms with E-state index in [1.165, 1.54) is 50.7 Å². The van der Waals surface area contributed by atoms with Gasteiger partial charge in [0.05, 0.1) is 0 Å². The average molecular weight is 665 g/mol. The molecule has 189 valence electrons. The quantitative estimate of drug-likeness (QED) is 0.138. The number of benzene rings is 4. The van der Waals surface area contributed by atoms with Gasteiger partial charge in [-0.15, -0.1) is 29.8 Å². The minimum atomic E-state index is -0.274. The number of fused-ring (bicyclic) bond motifs is 6. The Morgan fingerprint density at radius 3 is 2.27 bits per heavy atom. The van der Waals surface area contributed by atoms with Gasteiger partial charge in [0.2, 0.25) is 0 Å². The molecule has 1 aliphatic carbocycles. The summed E-state index contributed by atoms with van der Waals surface area (Å²) in [6.07, 6.45) is 3.94. The maximum absolute atomic E-state index is 14.0. The van der Waals surface area contributed by atoms with Crippen molar-refractivity contribution in [2.45, 2.75) is 58.3 Å². The third kappa shape index (κ3) is 3.87. The van der Waals surface area contributed by atoms with Crippen LogP contribution >= 0.6 is 0 Å². The number of pyridine rings is 1. The Bertz CT molecular complexity index is 1660. The van der Waals surface area contributed by atoms with Crippen LogP contribution < -0.4 is 0 Å². The molecular formula is C34H31FIrN-. The van der Waals surface area contributed by atoms with Crippen LogP contribution in [-0.2, 0) is 30.9 Å². The molecule has 0 amide bonds. The number of hydrogen-bond acceptors (Lipinski definition) is 1. The van der Waals surface area contributed by atoms with E-state index >= 15 is 0 Å². The fraction of sp³-hybridized carbons (Fsp3) is 0.265. The fourth-order valence-corrected chi connectivity index (χ4v) is 6.24. The molecule has 1 aromatic heterocycles. The molecule has 0 spiro atoms. The number of aromatic nitrogens is 1. The molecule has 0 bridgehead atoms. The van der Waals surface area contributed by atoms with Gasteiger partial charge in [-0.25, -0.2) is 4.39 Å². The zero-order valence-corrected chi connectivity index (χ0v) is 24.4. The first-order chi connectivity index (χ1) is 17.3. The second-order valence-corrected chi connectivity index (χ2v) is 11.2. The molecule has 37 heavy (non-hydrogen) atoms. The van der Waals surface area contributed by atoms with Crippen LogP contribution in [0.5, 0.6) is 0 Å². The molecule has 1 aliphatic rings. The Hall–Kier alpha value is -2.87. The smallest absolute Gasteiger partial charge is 0.0418 e. The maximum Gasteiger partial charge on any atom is 0.0418 e. The first kappa shape index (κ1) is 25.8. The standard InChI is InChI=1S/C34H31FN.Ir/c1-6-34(7-2)30-19-23(33(3,4)5)12-14-26(30)29-18-21-11-13-27-25(28(21)20-31(29)34)15-16-36-32(27)22-9-8-10-24(35)17-22;/h8,10-20H,6-7H2,1-5H3;/q-1;. The second-order valence-electron chi connectivity index (χ2n) is 11.2. The first-order valence-electron chi connectivity index (χ1n) is 13.0. The molecule has 0 N–H and O–H groups in total. The summed E-state index contributed by atoms with van der Waals surface area (Å²) in [4.78, 5) is 4.63. The SMILES string of the molecule is CCC1(CC)c2cc(C(C)(C)C)ccc2-c2cc3ccc4c(-c5[c-]ccc(F)c5)nccc4c3cc21.[Ir]. The van der Waals surface area contributed by atoms with Gasteiger partial charge in [-0.3, -0.25) is 0 Å². The molecule has 0 saturated heterocycles. The maximum atomic E-state index is 14.0.